The van der Waals surface area contributed by atoms with E-state index in [0.29, 0.717) is 17.0 Å². The second-order valence-corrected chi connectivity index (χ2v) is 6.82. The van der Waals surface area contributed by atoms with Crippen LogP contribution in [0.15, 0.2) is 60.3 Å². The van der Waals surface area contributed by atoms with E-state index in [0.717, 1.165) is 0 Å². The van der Waals surface area contributed by atoms with Gasteiger partial charge in [0.05, 0.1) is 7.11 Å². The number of rotatable bonds is 5. The summed E-state index contributed by atoms with van der Waals surface area (Å²) in [5, 5.41) is 5.53. The molecule has 0 bridgehead atoms. The molecule has 0 unspecified atom stereocenters. The first-order chi connectivity index (χ1) is 12.3. The largest absolute Gasteiger partial charge is 0.496 e. The molecule has 2 aromatic carbocycles. The Morgan fingerprint density at radius 3 is 2.19 bits per heavy atom. The van der Waals surface area contributed by atoms with E-state index in [1.54, 1.807) is 52.2 Å². The van der Waals surface area contributed by atoms with Crippen molar-refractivity contribution in [2.45, 2.75) is 20.8 Å². The van der Waals surface area contributed by atoms with Crippen LogP contribution in [0, 0.1) is 5.41 Å². The van der Waals surface area contributed by atoms with Crippen molar-refractivity contribution >= 4 is 23.6 Å². The number of carbonyl (C=O) groups is 2. The SMILES string of the molecule is COc1ccccc1/C=C(/NC(=O)C(C)(C)C)C(=O)Nc1ccccc1. The molecule has 0 saturated heterocycles. The van der Waals surface area contributed by atoms with E-state index in [-0.39, 0.29) is 11.6 Å². The van der Waals surface area contributed by atoms with Gasteiger partial charge in [0, 0.05) is 16.7 Å². The molecular weight excluding hydrogens is 328 g/mol. The first kappa shape index (κ1) is 19.2. The van der Waals surface area contributed by atoms with Crippen molar-refractivity contribution in [3.8, 4) is 5.75 Å². The summed E-state index contributed by atoms with van der Waals surface area (Å²) in [6.07, 6.45) is 1.61. The second-order valence-electron chi connectivity index (χ2n) is 6.82. The van der Waals surface area contributed by atoms with Gasteiger partial charge in [-0.2, -0.15) is 0 Å². The van der Waals surface area contributed by atoms with E-state index in [9.17, 15) is 9.59 Å². The third-order valence-electron chi connectivity index (χ3n) is 3.64. The van der Waals surface area contributed by atoms with Crippen LogP contribution < -0.4 is 15.4 Å². The molecule has 2 amide bonds. The van der Waals surface area contributed by atoms with E-state index in [2.05, 4.69) is 10.6 Å². The van der Waals surface area contributed by atoms with Gasteiger partial charge < -0.3 is 15.4 Å². The number of anilines is 1. The highest BCUT2D eigenvalue weighted by Gasteiger charge is 2.24. The number of hydrogen-bond donors (Lipinski definition) is 2. The van der Waals surface area contributed by atoms with Crippen molar-refractivity contribution in [1.82, 2.24) is 5.32 Å². The van der Waals surface area contributed by atoms with Crippen LogP contribution in [0.5, 0.6) is 5.75 Å². The molecule has 26 heavy (non-hydrogen) atoms. The van der Waals surface area contributed by atoms with E-state index < -0.39 is 11.3 Å². The number of amides is 2. The molecule has 2 rings (SSSR count). The van der Waals surface area contributed by atoms with E-state index >= 15 is 0 Å². The topological polar surface area (TPSA) is 67.4 Å². The second kappa shape index (κ2) is 8.34. The highest BCUT2D eigenvalue weighted by Crippen LogP contribution is 2.21. The molecule has 5 heteroatoms. The Labute approximate surface area is 154 Å². The van der Waals surface area contributed by atoms with Gasteiger partial charge in [-0.05, 0) is 24.3 Å². The predicted octanol–water partition coefficient (Wildman–Crippen LogP) is 3.84. The monoisotopic (exact) mass is 352 g/mol. The average Bonchev–Trinajstić information content (AvgIpc) is 2.61. The zero-order chi connectivity index (χ0) is 19.2. The Morgan fingerprint density at radius 2 is 1.58 bits per heavy atom. The zero-order valence-corrected chi connectivity index (χ0v) is 15.5. The third-order valence-corrected chi connectivity index (χ3v) is 3.64. The highest BCUT2D eigenvalue weighted by atomic mass is 16.5. The summed E-state index contributed by atoms with van der Waals surface area (Å²) in [4.78, 5) is 25.2. The number of hydrogen-bond acceptors (Lipinski definition) is 3. The molecule has 0 aromatic heterocycles. The van der Waals surface area contributed by atoms with Crippen LogP contribution in [0.25, 0.3) is 6.08 Å². The molecular formula is C21H24N2O3. The minimum Gasteiger partial charge on any atom is -0.496 e. The van der Waals surface area contributed by atoms with Gasteiger partial charge in [0.25, 0.3) is 5.91 Å². The van der Waals surface area contributed by atoms with Crippen LogP contribution in [0.3, 0.4) is 0 Å². The summed E-state index contributed by atoms with van der Waals surface area (Å²) in [5.74, 6) is -0.0379. The standard InChI is InChI=1S/C21H24N2O3/c1-21(2,3)20(25)23-17(14-15-10-8-9-13-18(15)26-4)19(24)22-16-11-6-5-7-12-16/h5-14H,1-4H3,(H,22,24)(H,23,25)/b17-14+. The normalized spacial score (nSPS) is 11.6. The van der Waals surface area contributed by atoms with E-state index in [1.807, 2.05) is 36.4 Å². The minimum absolute atomic E-state index is 0.151. The van der Waals surface area contributed by atoms with Crippen molar-refractivity contribution < 1.29 is 14.3 Å². The fourth-order valence-corrected chi connectivity index (χ4v) is 2.13. The lowest BCUT2D eigenvalue weighted by Gasteiger charge is -2.19. The lowest BCUT2D eigenvalue weighted by molar-refractivity contribution is -0.128. The first-order valence-electron chi connectivity index (χ1n) is 8.34. The first-order valence-corrected chi connectivity index (χ1v) is 8.34. The Kier molecular flexibility index (Phi) is 6.17. The molecule has 136 valence electrons. The minimum atomic E-state index is -0.632. The fraction of sp³-hybridized carbons (Fsp3) is 0.238. The maximum absolute atomic E-state index is 12.7. The molecule has 0 aliphatic carbocycles. The molecule has 2 aromatic rings. The lowest BCUT2D eigenvalue weighted by Crippen LogP contribution is -2.38. The molecule has 0 spiro atoms. The molecule has 0 aliphatic heterocycles. The van der Waals surface area contributed by atoms with E-state index in [1.165, 1.54) is 0 Å². The summed E-state index contributed by atoms with van der Waals surface area (Å²) in [7, 11) is 1.56. The molecule has 2 N–H and O–H groups in total. The van der Waals surface area contributed by atoms with Crippen LogP contribution in [0.4, 0.5) is 5.69 Å². The summed E-state index contributed by atoms with van der Waals surface area (Å²) >= 11 is 0. The maximum Gasteiger partial charge on any atom is 0.272 e. The number of ether oxygens (including phenoxy) is 1. The van der Waals surface area contributed by atoms with Crippen LogP contribution >= 0.6 is 0 Å². The van der Waals surface area contributed by atoms with Crippen molar-refractivity contribution in [1.29, 1.82) is 0 Å². The molecule has 0 atom stereocenters. The predicted molar refractivity (Wildman–Crippen MR) is 104 cm³/mol. The van der Waals surface area contributed by atoms with Gasteiger partial charge in [-0.15, -0.1) is 0 Å². The number of benzene rings is 2. The van der Waals surface area contributed by atoms with Gasteiger partial charge >= 0.3 is 0 Å². The van der Waals surface area contributed by atoms with Gasteiger partial charge in [-0.3, -0.25) is 9.59 Å². The van der Waals surface area contributed by atoms with Crippen molar-refractivity contribution in [3.05, 3.63) is 65.9 Å². The molecule has 0 fully saturated rings. The lowest BCUT2D eigenvalue weighted by atomic mass is 9.95. The van der Waals surface area contributed by atoms with Crippen molar-refractivity contribution in [2.24, 2.45) is 5.41 Å². The van der Waals surface area contributed by atoms with Gasteiger partial charge in [0.1, 0.15) is 11.4 Å². The number of nitrogens with one attached hydrogen (secondary N) is 2. The Bertz CT molecular complexity index is 806. The number of carbonyl (C=O) groups excluding carboxylic acids is 2. The smallest absolute Gasteiger partial charge is 0.272 e. The zero-order valence-electron chi connectivity index (χ0n) is 15.5. The van der Waals surface area contributed by atoms with Gasteiger partial charge in [0.2, 0.25) is 5.91 Å². The quantitative estimate of drug-likeness (QED) is 0.804. The molecule has 0 radical (unpaired) electrons. The molecule has 0 heterocycles. The third kappa shape index (κ3) is 5.21. The molecule has 0 saturated carbocycles. The Balaban J connectivity index is 2.36. The summed E-state index contributed by atoms with van der Waals surface area (Å²) in [6.45, 7) is 5.37. The van der Waals surface area contributed by atoms with Crippen molar-refractivity contribution in [3.63, 3.8) is 0 Å². The summed E-state index contributed by atoms with van der Waals surface area (Å²) in [6, 6.07) is 16.4. The number of methoxy groups -OCH3 is 1. The maximum atomic E-state index is 12.7. The van der Waals surface area contributed by atoms with E-state index in [4.69, 9.17) is 4.74 Å². The van der Waals surface area contributed by atoms with Gasteiger partial charge in [-0.1, -0.05) is 57.2 Å². The van der Waals surface area contributed by atoms with Crippen LogP contribution in [0.2, 0.25) is 0 Å². The van der Waals surface area contributed by atoms with Crippen molar-refractivity contribution in [2.75, 3.05) is 12.4 Å². The highest BCUT2D eigenvalue weighted by molar-refractivity contribution is 6.09. The molecule has 0 aliphatic rings. The van der Waals surface area contributed by atoms with Gasteiger partial charge in [-0.25, -0.2) is 0 Å². The van der Waals surface area contributed by atoms with Gasteiger partial charge in [0.15, 0.2) is 0 Å². The number of para-hydroxylation sites is 2. The molecule has 5 nitrogen and oxygen atoms in total. The fourth-order valence-electron chi connectivity index (χ4n) is 2.13. The summed E-state index contributed by atoms with van der Waals surface area (Å²) in [5.41, 5.74) is 0.863. The van der Waals surface area contributed by atoms with Crippen LogP contribution in [0.1, 0.15) is 26.3 Å². The van der Waals surface area contributed by atoms with Crippen LogP contribution in [-0.2, 0) is 9.59 Å². The summed E-state index contributed by atoms with van der Waals surface area (Å²) < 4.78 is 5.33. The Hall–Kier alpha value is -3.08. The van der Waals surface area contributed by atoms with Crippen LogP contribution in [-0.4, -0.2) is 18.9 Å². The average molecular weight is 352 g/mol. The Morgan fingerprint density at radius 1 is 0.962 bits per heavy atom.